The van der Waals surface area contributed by atoms with Gasteiger partial charge in [0.05, 0.1) is 13.2 Å². The second-order valence-electron chi connectivity index (χ2n) is 9.74. The Kier molecular flexibility index (Phi) is 24.6. The third-order valence-electron chi connectivity index (χ3n) is 6.07. The first-order valence-corrected chi connectivity index (χ1v) is 15.3. The molecule has 0 radical (unpaired) electrons. The second kappa shape index (κ2) is 25.4. The van der Waals surface area contributed by atoms with Gasteiger partial charge < -0.3 is 36.6 Å². The number of anilines is 1. The molecule has 0 bridgehead atoms. The number of nitrogens with two attached hydrogens (primary N) is 1. The number of hydrogen-bond donors (Lipinski definition) is 5. The lowest BCUT2D eigenvalue weighted by molar-refractivity contribution is -0.128. The Bertz CT molecular complexity index is 879. The summed E-state index contributed by atoms with van der Waals surface area (Å²) in [4.78, 5) is 50.4. The van der Waals surface area contributed by atoms with Crippen LogP contribution in [0.5, 0.6) is 0 Å². The molecule has 0 aliphatic carbocycles. The third-order valence-corrected chi connectivity index (χ3v) is 6.07. The normalized spacial score (nSPS) is 11.5. The molecule has 0 aliphatic rings. The molecule has 0 saturated carbocycles. The van der Waals surface area contributed by atoms with Crippen molar-refractivity contribution in [3.63, 3.8) is 0 Å². The molecule has 0 fully saturated rings. The van der Waals surface area contributed by atoms with E-state index >= 15 is 0 Å². The van der Waals surface area contributed by atoms with Gasteiger partial charge in [-0.25, -0.2) is 9.59 Å². The van der Waals surface area contributed by atoms with Crippen molar-refractivity contribution in [2.45, 2.75) is 106 Å². The molecular formula is C31H58N6O5. The molecule has 11 nitrogen and oxygen atoms in total. The number of urea groups is 1. The zero-order chi connectivity index (χ0) is 32.5. The molecule has 0 spiro atoms. The number of nitrogens with zero attached hydrogens (tertiary/aromatic N) is 1. The minimum Gasteiger partial charge on any atom is -0.453 e. The van der Waals surface area contributed by atoms with Crippen LogP contribution in [0.4, 0.5) is 15.3 Å². The maximum absolute atomic E-state index is 13.2. The van der Waals surface area contributed by atoms with E-state index in [1.54, 1.807) is 31.3 Å². The summed E-state index contributed by atoms with van der Waals surface area (Å²) in [5, 5.41) is 11.6. The summed E-state index contributed by atoms with van der Waals surface area (Å²) in [6.45, 7) is 15.5. The predicted octanol–water partition coefficient (Wildman–Crippen LogP) is 5.00. The van der Waals surface area contributed by atoms with Gasteiger partial charge in [0.15, 0.2) is 0 Å². The van der Waals surface area contributed by atoms with Crippen LogP contribution in [0, 0.1) is 5.92 Å². The highest BCUT2D eigenvalue weighted by atomic mass is 16.5. The fourth-order valence-corrected chi connectivity index (χ4v) is 3.91. The number of nitrogens with one attached hydrogen (secondary N) is 4. The monoisotopic (exact) mass is 594 g/mol. The standard InChI is InChI=1S/C27H46N6O5.2C2H6/c1-6-7-8-9-16-29-23(19(2)3)25(35)32-22(11-10-17-30-26(28)36)24(34)31-21-14-12-20(13-15-21)18-33(4)27(37)38-5;2*1-2/h12-15,19,22-23,29H,6-11,16-18H2,1-5H3,(H,31,34)(H,32,35)(H3,28,30,36);2*1-2H3/t22-,23-;;/m0../s1. The SMILES string of the molecule is CC.CC.CCCCCCN[C@H](C(=O)N[C@@H](CCCNC(N)=O)C(=O)Nc1ccc(CN(C)C(=O)OC)cc1)C(C)C. The summed E-state index contributed by atoms with van der Waals surface area (Å²) >= 11 is 0. The fraction of sp³-hybridized carbons (Fsp3) is 0.677. The highest BCUT2D eigenvalue weighted by molar-refractivity contribution is 5.97. The summed E-state index contributed by atoms with van der Waals surface area (Å²) in [6.07, 6.45) is 4.72. The van der Waals surface area contributed by atoms with Crippen LogP contribution < -0.4 is 27.0 Å². The van der Waals surface area contributed by atoms with Gasteiger partial charge in [0, 0.05) is 25.8 Å². The molecule has 0 saturated heterocycles. The Hall–Kier alpha value is -3.34. The topological polar surface area (TPSA) is 155 Å². The van der Waals surface area contributed by atoms with E-state index in [9.17, 15) is 19.2 Å². The molecule has 0 aliphatic heterocycles. The number of carbonyl (C=O) groups is 4. The minimum atomic E-state index is -0.801. The number of carbonyl (C=O) groups excluding carboxylic acids is 4. The van der Waals surface area contributed by atoms with Crippen molar-refractivity contribution < 1.29 is 23.9 Å². The van der Waals surface area contributed by atoms with Crippen LogP contribution in [0.15, 0.2) is 24.3 Å². The molecule has 1 aromatic rings. The Labute approximate surface area is 254 Å². The Balaban J connectivity index is 0. The number of ether oxygens (including phenoxy) is 1. The molecule has 1 aromatic carbocycles. The van der Waals surface area contributed by atoms with Crippen LogP contribution >= 0.6 is 0 Å². The minimum absolute atomic E-state index is 0.0390. The quantitative estimate of drug-likeness (QED) is 0.160. The van der Waals surface area contributed by atoms with E-state index in [1.807, 2.05) is 41.5 Å². The van der Waals surface area contributed by atoms with Crippen LogP contribution in [0.25, 0.3) is 0 Å². The predicted molar refractivity (Wildman–Crippen MR) is 171 cm³/mol. The average Bonchev–Trinajstić information content (AvgIpc) is 2.98. The van der Waals surface area contributed by atoms with Gasteiger partial charge in [-0.1, -0.05) is 79.9 Å². The van der Waals surface area contributed by atoms with Crippen LogP contribution in [0.1, 0.15) is 92.6 Å². The first-order valence-electron chi connectivity index (χ1n) is 15.3. The number of primary amides is 1. The average molecular weight is 595 g/mol. The first-order chi connectivity index (χ1) is 20.1. The highest BCUT2D eigenvalue weighted by Gasteiger charge is 2.27. The smallest absolute Gasteiger partial charge is 0.409 e. The third kappa shape index (κ3) is 18.2. The van der Waals surface area contributed by atoms with Gasteiger partial charge in [0.1, 0.15) is 6.04 Å². The van der Waals surface area contributed by atoms with Crippen molar-refractivity contribution in [2.75, 3.05) is 32.6 Å². The van der Waals surface area contributed by atoms with Gasteiger partial charge in [-0.05, 0) is 49.4 Å². The maximum atomic E-state index is 13.2. The Morgan fingerprint density at radius 1 is 0.905 bits per heavy atom. The molecule has 0 aromatic heterocycles. The first kappa shape index (κ1) is 40.8. The lowest BCUT2D eigenvalue weighted by Gasteiger charge is -2.25. The molecule has 0 heterocycles. The zero-order valence-corrected chi connectivity index (χ0v) is 27.5. The van der Waals surface area contributed by atoms with Crippen LogP contribution in [0.2, 0.25) is 0 Å². The molecule has 0 unspecified atom stereocenters. The van der Waals surface area contributed by atoms with E-state index < -0.39 is 24.2 Å². The number of rotatable bonds is 17. The van der Waals surface area contributed by atoms with Gasteiger partial charge >= 0.3 is 12.1 Å². The lowest BCUT2D eigenvalue weighted by Crippen LogP contribution is -2.53. The summed E-state index contributed by atoms with van der Waals surface area (Å²) in [5.74, 6) is -0.556. The van der Waals surface area contributed by atoms with Crippen LogP contribution in [-0.2, 0) is 20.9 Å². The molecule has 6 N–H and O–H groups in total. The summed E-state index contributed by atoms with van der Waals surface area (Å²) < 4.78 is 4.70. The molecule has 42 heavy (non-hydrogen) atoms. The van der Waals surface area contributed by atoms with E-state index in [2.05, 4.69) is 28.2 Å². The van der Waals surface area contributed by atoms with Crippen molar-refractivity contribution in [2.24, 2.45) is 11.7 Å². The highest BCUT2D eigenvalue weighted by Crippen LogP contribution is 2.13. The summed E-state index contributed by atoms with van der Waals surface area (Å²) in [7, 11) is 2.95. The zero-order valence-electron chi connectivity index (χ0n) is 27.5. The molecule has 5 amide bonds. The Morgan fingerprint density at radius 3 is 2.05 bits per heavy atom. The van der Waals surface area contributed by atoms with Gasteiger partial charge in [-0.2, -0.15) is 0 Å². The maximum Gasteiger partial charge on any atom is 0.409 e. The molecular weight excluding hydrogens is 536 g/mol. The molecule has 1 rings (SSSR count). The van der Waals surface area contributed by atoms with E-state index in [0.717, 1.165) is 37.8 Å². The molecule has 2 atom stereocenters. The molecule has 11 heteroatoms. The molecule has 242 valence electrons. The van der Waals surface area contributed by atoms with Crippen molar-refractivity contribution in [1.29, 1.82) is 0 Å². The van der Waals surface area contributed by atoms with E-state index in [4.69, 9.17) is 10.5 Å². The van der Waals surface area contributed by atoms with Gasteiger partial charge in [0.25, 0.3) is 0 Å². The van der Waals surface area contributed by atoms with Gasteiger partial charge in [0.2, 0.25) is 11.8 Å². The van der Waals surface area contributed by atoms with Crippen molar-refractivity contribution in [1.82, 2.24) is 20.9 Å². The van der Waals surface area contributed by atoms with Crippen molar-refractivity contribution >= 4 is 29.6 Å². The van der Waals surface area contributed by atoms with Crippen molar-refractivity contribution in [3.8, 4) is 0 Å². The van der Waals surface area contributed by atoms with Crippen LogP contribution in [0.3, 0.4) is 0 Å². The number of benzene rings is 1. The Morgan fingerprint density at radius 2 is 1.52 bits per heavy atom. The number of amides is 5. The van der Waals surface area contributed by atoms with Crippen molar-refractivity contribution in [3.05, 3.63) is 29.8 Å². The summed E-state index contributed by atoms with van der Waals surface area (Å²) in [6, 6.07) is 5.21. The van der Waals surface area contributed by atoms with Gasteiger partial charge in [-0.15, -0.1) is 0 Å². The number of methoxy groups -OCH3 is 1. The lowest BCUT2D eigenvalue weighted by atomic mass is 10.0. The fourth-order valence-electron chi connectivity index (χ4n) is 3.91. The van der Waals surface area contributed by atoms with E-state index in [0.29, 0.717) is 31.6 Å². The summed E-state index contributed by atoms with van der Waals surface area (Å²) in [5.41, 5.74) is 6.56. The van der Waals surface area contributed by atoms with E-state index in [-0.39, 0.29) is 17.7 Å². The van der Waals surface area contributed by atoms with Crippen LogP contribution in [-0.4, -0.2) is 68.2 Å². The van der Waals surface area contributed by atoms with Gasteiger partial charge in [-0.3, -0.25) is 9.59 Å². The van der Waals surface area contributed by atoms with E-state index in [1.165, 1.54) is 12.0 Å². The number of hydrogen-bond acceptors (Lipinski definition) is 6. The largest absolute Gasteiger partial charge is 0.453 e. The number of unbranched alkanes of at least 4 members (excludes halogenated alkanes) is 3. The second-order valence-corrected chi connectivity index (χ2v) is 9.74.